The minimum Gasteiger partial charge on any atom is -0.259 e. The Labute approximate surface area is 164 Å². The molecule has 8 nitrogen and oxygen atoms in total. The van der Waals surface area contributed by atoms with Crippen LogP contribution in [0.4, 0.5) is 0 Å². The second-order valence-corrected chi connectivity index (χ2v) is 9.95. The lowest BCUT2D eigenvalue weighted by Gasteiger charge is -2.16. The number of aryl methyl sites for hydroxylation is 2. The molecule has 0 aromatic heterocycles. The Morgan fingerprint density at radius 1 is 0.750 bits per heavy atom. The highest BCUT2D eigenvalue weighted by Gasteiger charge is 2.38. The van der Waals surface area contributed by atoms with Gasteiger partial charge < -0.3 is 0 Å². The summed E-state index contributed by atoms with van der Waals surface area (Å²) in [4.78, 5) is 11.2. The fourth-order valence-electron chi connectivity index (χ4n) is 2.06. The summed E-state index contributed by atoms with van der Waals surface area (Å²) in [5.41, 5.74) is 0.148. The molecular formula is C18H22NO7S2+. The molecule has 0 aliphatic heterocycles. The lowest BCUT2D eigenvalue weighted by atomic mass is 10.1. The van der Waals surface area contributed by atoms with Gasteiger partial charge in [-0.25, -0.2) is 0 Å². The average molecular weight is 429 g/mol. The SMILES string of the molecule is Cc1ccc(S(=O)(=O)OCC(C)(COS(=O)(=O)c2ccc(C)cc2)[NH+]=O)cc1. The van der Waals surface area contributed by atoms with Crippen LogP contribution in [-0.2, 0) is 28.6 Å². The molecule has 0 saturated heterocycles. The van der Waals surface area contributed by atoms with E-state index in [0.717, 1.165) is 11.1 Å². The number of nitrogens with one attached hydrogen (secondary N) is 1. The largest absolute Gasteiger partial charge is 0.297 e. The van der Waals surface area contributed by atoms with Gasteiger partial charge in [0.15, 0.2) is 0 Å². The Morgan fingerprint density at radius 3 is 1.36 bits per heavy atom. The van der Waals surface area contributed by atoms with Gasteiger partial charge in [0.05, 0.1) is 9.79 Å². The third-order valence-electron chi connectivity index (χ3n) is 3.93. The van der Waals surface area contributed by atoms with E-state index in [9.17, 15) is 21.7 Å². The van der Waals surface area contributed by atoms with Crippen molar-refractivity contribution in [2.75, 3.05) is 13.2 Å². The summed E-state index contributed by atoms with van der Waals surface area (Å²) < 4.78 is 58.9. The van der Waals surface area contributed by atoms with E-state index in [1.165, 1.54) is 31.2 Å². The molecule has 2 aromatic carbocycles. The summed E-state index contributed by atoms with van der Waals surface area (Å²) in [7, 11) is -8.23. The molecule has 0 bridgehead atoms. The predicted molar refractivity (Wildman–Crippen MR) is 101 cm³/mol. The van der Waals surface area contributed by atoms with Crippen LogP contribution in [0.25, 0.3) is 0 Å². The Balaban J connectivity index is 2.07. The predicted octanol–water partition coefficient (Wildman–Crippen LogP) is 1.02. The zero-order valence-electron chi connectivity index (χ0n) is 15.7. The minimum atomic E-state index is -4.11. The van der Waals surface area contributed by atoms with Gasteiger partial charge in [-0.3, -0.25) is 8.37 Å². The first-order valence-corrected chi connectivity index (χ1v) is 11.1. The molecular weight excluding hydrogens is 406 g/mol. The van der Waals surface area contributed by atoms with Crippen LogP contribution in [-0.4, -0.2) is 35.6 Å². The van der Waals surface area contributed by atoms with Gasteiger partial charge in [0.2, 0.25) is 0 Å². The molecule has 10 heteroatoms. The zero-order valence-corrected chi connectivity index (χ0v) is 17.3. The third kappa shape index (κ3) is 5.68. The van der Waals surface area contributed by atoms with Crippen LogP contribution in [0, 0.1) is 18.8 Å². The Morgan fingerprint density at radius 2 is 1.07 bits per heavy atom. The topological polar surface area (TPSA) is 118 Å². The Bertz CT molecular complexity index is 949. The maximum absolute atomic E-state index is 12.2. The maximum Gasteiger partial charge on any atom is 0.297 e. The molecule has 0 amide bonds. The molecule has 0 saturated carbocycles. The molecule has 2 aromatic rings. The average Bonchev–Trinajstić information content (AvgIpc) is 2.66. The number of benzene rings is 2. The first-order chi connectivity index (χ1) is 13.0. The lowest BCUT2D eigenvalue weighted by molar-refractivity contribution is -0.574. The number of hydrogen-bond donors (Lipinski definition) is 1. The molecule has 0 unspecified atom stereocenters. The van der Waals surface area contributed by atoms with Gasteiger partial charge in [-0.15, -0.1) is 0 Å². The number of nitroso groups, excluding NO2 is 1. The van der Waals surface area contributed by atoms with E-state index in [-0.39, 0.29) is 9.79 Å². The van der Waals surface area contributed by atoms with E-state index in [4.69, 9.17) is 8.37 Å². The summed E-state index contributed by atoms with van der Waals surface area (Å²) in [6.07, 6.45) is 0. The van der Waals surface area contributed by atoms with Crippen molar-refractivity contribution in [3.05, 3.63) is 64.6 Å². The van der Waals surface area contributed by atoms with E-state index in [1.807, 2.05) is 13.8 Å². The standard InChI is InChI=1S/C18H21NO7S2/c1-14-4-8-16(9-5-14)27(21,22)25-12-18(3,19-20)13-26-28(23,24)17-10-6-15(2)7-11-17/h4-11H,12-13H2,1-3H3/p+1. The molecule has 0 heterocycles. The molecule has 0 atom stereocenters. The third-order valence-corrected chi connectivity index (χ3v) is 6.49. The Hall–Kier alpha value is -2.14. The smallest absolute Gasteiger partial charge is 0.259 e. The second kappa shape index (κ2) is 8.48. The van der Waals surface area contributed by atoms with Crippen molar-refractivity contribution in [3.8, 4) is 0 Å². The van der Waals surface area contributed by atoms with Crippen molar-refractivity contribution in [2.45, 2.75) is 36.1 Å². The van der Waals surface area contributed by atoms with Gasteiger partial charge in [-0.05, 0) is 43.3 Å². The Kier molecular flexibility index (Phi) is 6.71. The summed E-state index contributed by atoms with van der Waals surface area (Å²) in [5.74, 6) is 0. The first-order valence-electron chi connectivity index (χ1n) is 8.29. The van der Waals surface area contributed by atoms with Crippen molar-refractivity contribution in [2.24, 2.45) is 0 Å². The van der Waals surface area contributed by atoms with Gasteiger partial charge >= 0.3 is 0 Å². The monoisotopic (exact) mass is 428 g/mol. The first kappa shape index (κ1) is 22.2. The van der Waals surface area contributed by atoms with Crippen LogP contribution in [0.3, 0.4) is 0 Å². The fraction of sp³-hybridized carbons (Fsp3) is 0.333. The van der Waals surface area contributed by atoms with Crippen LogP contribution < -0.4 is 5.18 Å². The van der Waals surface area contributed by atoms with E-state index in [1.54, 1.807) is 29.4 Å². The fourth-order valence-corrected chi connectivity index (χ4v) is 4.10. The van der Waals surface area contributed by atoms with Gasteiger partial charge in [0, 0.05) is 11.8 Å². The molecule has 0 radical (unpaired) electrons. The highest BCUT2D eigenvalue weighted by atomic mass is 32.2. The van der Waals surface area contributed by atoms with Crippen molar-refractivity contribution in [3.63, 3.8) is 0 Å². The van der Waals surface area contributed by atoms with Gasteiger partial charge in [0.1, 0.15) is 13.2 Å². The van der Waals surface area contributed by atoms with Crippen molar-refractivity contribution in [1.82, 2.24) is 0 Å². The van der Waals surface area contributed by atoms with Crippen LogP contribution in [0.1, 0.15) is 18.1 Å². The quantitative estimate of drug-likeness (QED) is 0.593. The molecule has 0 spiro atoms. The van der Waals surface area contributed by atoms with Gasteiger partial charge in [0.25, 0.3) is 25.8 Å². The van der Waals surface area contributed by atoms with Gasteiger partial charge in [-0.2, -0.15) is 16.8 Å². The zero-order chi connectivity index (χ0) is 21.0. The summed E-state index contributed by atoms with van der Waals surface area (Å²) in [6.45, 7) is 3.69. The maximum atomic E-state index is 12.2. The second-order valence-electron chi connectivity index (χ2n) is 6.72. The molecule has 152 valence electrons. The number of rotatable bonds is 9. The van der Waals surface area contributed by atoms with Crippen molar-refractivity contribution < 1.29 is 30.4 Å². The van der Waals surface area contributed by atoms with Crippen molar-refractivity contribution >= 4 is 20.2 Å². The van der Waals surface area contributed by atoms with Crippen molar-refractivity contribution in [1.29, 1.82) is 0 Å². The summed E-state index contributed by atoms with van der Waals surface area (Å²) in [6, 6.07) is 12.0. The lowest BCUT2D eigenvalue weighted by Crippen LogP contribution is -2.84. The highest BCUT2D eigenvalue weighted by Crippen LogP contribution is 2.17. The van der Waals surface area contributed by atoms with E-state index in [0.29, 0.717) is 0 Å². The van der Waals surface area contributed by atoms with E-state index < -0.39 is 39.0 Å². The highest BCUT2D eigenvalue weighted by molar-refractivity contribution is 7.87. The minimum absolute atomic E-state index is 0.0699. The molecule has 1 N–H and O–H groups in total. The molecule has 2 rings (SSSR count). The normalized spacial score (nSPS) is 12.7. The van der Waals surface area contributed by atoms with E-state index >= 15 is 0 Å². The number of hydrogen-bond acceptors (Lipinski definition) is 7. The van der Waals surface area contributed by atoms with Crippen LogP contribution in [0.5, 0.6) is 0 Å². The van der Waals surface area contributed by atoms with Crippen LogP contribution in [0.15, 0.2) is 58.3 Å². The summed E-state index contributed by atoms with van der Waals surface area (Å²) in [5, 5.41) is 1.62. The van der Waals surface area contributed by atoms with Crippen LogP contribution in [0.2, 0.25) is 0 Å². The van der Waals surface area contributed by atoms with Crippen LogP contribution >= 0.6 is 0 Å². The molecule has 0 aliphatic rings. The molecule has 0 fully saturated rings. The summed E-state index contributed by atoms with van der Waals surface area (Å²) >= 11 is 0. The molecule has 28 heavy (non-hydrogen) atoms. The van der Waals surface area contributed by atoms with Gasteiger partial charge in [-0.1, -0.05) is 35.4 Å². The molecule has 0 aliphatic carbocycles. The van der Waals surface area contributed by atoms with E-state index in [2.05, 4.69) is 0 Å².